The Labute approximate surface area is 120 Å². The molecule has 1 aliphatic carbocycles. The number of carbonyl (C=O) groups excluding carboxylic acids is 1. The molecule has 1 saturated carbocycles. The lowest BCUT2D eigenvalue weighted by Gasteiger charge is -2.35. The molecule has 20 heavy (non-hydrogen) atoms. The van der Waals surface area contributed by atoms with Crippen LogP contribution < -0.4 is 10.6 Å². The van der Waals surface area contributed by atoms with Gasteiger partial charge < -0.3 is 15.4 Å². The summed E-state index contributed by atoms with van der Waals surface area (Å²) in [5, 5.41) is 6.22. The molecule has 0 radical (unpaired) electrons. The summed E-state index contributed by atoms with van der Waals surface area (Å²) in [5.74, 6) is 0.601. The largest absolute Gasteiger partial charge is 0.378 e. The quantitative estimate of drug-likeness (QED) is 0.802. The van der Waals surface area contributed by atoms with Crippen molar-refractivity contribution in [3.05, 3.63) is 23.9 Å². The van der Waals surface area contributed by atoms with E-state index >= 15 is 0 Å². The monoisotopic (exact) mass is 277 g/mol. The molecule has 0 saturated heterocycles. The van der Waals surface area contributed by atoms with Crippen molar-refractivity contribution in [3.8, 4) is 0 Å². The zero-order chi connectivity index (χ0) is 14.4. The highest BCUT2D eigenvalue weighted by Crippen LogP contribution is 2.24. The van der Waals surface area contributed by atoms with Gasteiger partial charge in [0.15, 0.2) is 0 Å². The van der Waals surface area contributed by atoms with Gasteiger partial charge in [0.25, 0.3) is 5.91 Å². The second kappa shape index (κ2) is 7.24. The van der Waals surface area contributed by atoms with E-state index in [4.69, 9.17) is 4.74 Å². The number of nitrogens with zero attached hydrogens (tertiary/aromatic N) is 1. The van der Waals surface area contributed by atoms with Crippen LogP contribution in [0.15, 0.2) is 18.3 Å². The Hall–Kier alpha value is -1.62. The number of amides is 1. The van der Waals surface area contributed by atoms with Crippen LogP contribution in [0.3, 0.4) is 0 Å². The lowest BCUT2D eigenvalue weighted by Crippen LogP contribution is -2.47. The molecular formula is C15H23N3O2. The van der Waals surface area contributed by atoms with E-state index in [1.54, 1.807) is 18.3 Å². The van der Waals surface area contributed by atoms with Crippen LogP contribution in [0.5, 0.6) is 0 Å². The first-order valence-electron chi connectivity index (χ1n) is 7.36. The summed E-state index contributed by atoms with van der Waals surface area (Å²) in [6, 6.07) is 3.81. The van der Waals surface area contributed by atoms with Gasteiger partial charge in [0.05, 0.1) is 11.7 Å². The summed E-state index contributed by atoms with van der Waals surface area (Å²) < 4.78 is 5.50. The second-order valence-electron chi connectivity index (χ2n) is 5.05. The molecule has 1 aromatic rings. The van der Waals surface area contributed by atoms with E-state index in [2.05, 4.69) is 22.5 Å². The molecule has 0 bridgehead atoms. The number of anilines is 1. The van der Waals surface area contributed by atoms with Gasteiger partial charge in [-0.25, -0.2) is 4.98 Å². The van der Waals surface area contributed by atoms with Crippen LogP contribution in [0, 0.1) is 0 Å². The maximum Gasteiger partial charge on any atom is 0.255 e. The number of nitrogens with one attached hydrogen (secondary N) is 2. The number of aromatic nitrogens is 1. The number of ether oxygens (including phenoxy) is 1. The van der Waals surface area contributed by atoms with Crippen LogP contribution in [-0.4, -0.2) is 36.2 Å². The SMILES string of the molecule is CCCNc1ncccc1C(=O)NC1CC(OCC)C1. The van der Waals surface area contributed by atoms with Crippen molar-refractivity contribution < 1.29 is 9.53 Å². The predicted octanol–water partition coefficient (Wildman–Crippen LogP) is 2.20. The lowest BCUT2D eigenvalue weighted by atomic mass is 9.89. The first kappa shape index (κ1) is 14.8. The number of carbonyl (C=O) groups is 1. The van der Waals surface area contributed by atoms with E-state index in [1.165, 1.54) is 0 Å². The highest BCUT2D eigenvalue weighted by Gasteiger charge is 2.31. The summed E-state index contributed by atoms with van der Waals surface area (Å²) >= 11 is 0. The van der Waals surface area contributed by atoms with E-state index in [9.17, 15) is 4.79 Å². The van der Waals surface area contributed by atoms with Gasteiger partial charge in [-0.15, -0.1) is 0 Å². The van der Waals surface area contributed by atoms with Crippen LogP contribution >= 0.6 is 0 Å². The van der Waals surface area contributed by atoms with Crippen molar-refractivity contribution in [2.24, 2.45) is 0 Å². The van der Waals surface area contributed by atoms with Gasteiger partial charge in [-0.05, 0) is 38.3 Å². The van der Waals surface area contributed by atoms with E-state index in [0.717, 1.165) is 32.4 Å². The normalized spacial score (nSPS) is 21.1. The van der Waals surface area contributed by atoms with E-state index < -0.39 is 0 Å². The second-order valence-corrected chi connectivity index (χ2v) is 5.05. The molecule has 5 nitrogen and oxygen atoms in total. The minimum absolute atomic E-state index is 0.0587. The first-order chi connectivity index (χ1) is 9.74. The molecule has 5 heteroatoms. The van der Waals surface area contributed by atoms with Gasteiger partial charge in [0, 0.05) is 25.4 Å². The highest BCUT2D eigenvalue weighted by atomic mass is 16.5. The Morgan fingerprint density at radius 3 is 2.95 bits per heavy atom. The Kier molecular flexibility index (Phi) is 5.35. The summed E-state index contributed by atoms with van der Waals surface area (Å²) in [7, 11) is 0. The summed E-state index contributed by atoms with van der Waals surface area (Å²) in [6.07, 6.45) is 4.80. The molecule has 2 N–H and O–H groups in total. The van der Waals surface area contributed by atoms with Crippen LogP contribution in [0.4, 0.5) is 5.82 Å². The van der Waals surface area contributed by atoms with Crippen LogP contribution in [0.25, 0.3) is 0 Å². The first-order valence-corrected chi connectivity index (χ1v) is 7.36. The molecule has 0 atom stereocenters. The van der Waals surface area contributed by atoms with Gasteiger partial charge in [-0.3, -0.25) is 4.79 Å². The van der Waals surface area contributed by atoms with Gasteiger partial charge in [0.2, 0.25) is 0 Å². The van der Waals surface area contributed by atoms with E-state index in [-0.39, 0.29) is 11.9 Å². The summed E-state index contributed by atoms with van der Waals surface area (Å²) in [5.41, 5.74) is 0.612. The third-order valence-corrected chi connectivity index (χ3v) is 3.43. The van der Waals surface area contributed by atoms with E-state index in [0.29, 0.717) is 17.5 Å². The average Bonchev–Trinajstić information content (AvgIpc) is 2.43. The van der Waals surface area contributed by atoms with E-state index in [1.807, 2.05) is 6.92 Å². The third-order valence-electron chi connectivity index (χ3n) is 3.43. The fourth-order valence-electron chi connectivity index (χ4n) is 2.29. The fraction of sp³-hybridized carbons (Fsp3) is 0.600. The van der Waals surface area contributed by atoms with Crippen molar-refractivity contribution in [1.29, 1.82) is 0 Å². The number of hydrogen-bond acceptors (Lipinski definition) is 4. The highest BCUT2D eigenvalue weighted by molar-refractivity contribution is 5.98. The van der Waals surface area contributed by atoms with Gasteiger partial charge in [0.1, 0.15) is 5.82 Å². The molecule has 0 aromatic carbocycles. The Morgan fingerprint density at radius 2 is 2.25 bits per heavy atom. The van der Waals surface area contributed by atoms with Crippen LogP contribution in [0.1, 0.15) is 43.5 Å². The topological polar surface area (TPSA) is 63.2 Å². The third kappa shape index (κ3) is 3.70. The summed E-state index contributed by atoms with van der Waals surface area (Å²) in [6.45, 7) is 5.62. The molecule has 1 fully saturated rings. The molecule has 0 aliphatic heterocycles. The van der Waals surface area contributed by atoms with Gasteiger partial charge in [-0.1, -0.05) is 6.92 Å². The summed E-state index contributed by atoms with van der Waals surface area (Å²) in [4.78, 5) is 16.5. The number of pyridine rings is 1. The molecule has 1 heterocycles. The molecule has 110 valence electrons. The number of rotatable bonds is 7. The van der Waals surface area contributed by atoms with Crippen molar-refractivity contribution in [3.63, 3.8) is 0 Å². The molecule has 2 rings (SSSR count). The molecule has 1 amide bonds. The minimum Gasteiger partial charge on any atom is -0.378 e. The zero-order valence-corrected chi connectivity index (χ0v) is 12.2. The predicted molar refractivity (Wildman–Crippen MR) is 78.9 cm³/mol. The minimum atomic E-state index is -0.0587. The molecule has 1 aliphatic rings. The molecular weight excluding hydrogens is 254 g/mol. The van der Waals surface area contributed by atoms with Crippen LogP contribution in [-0.2, 0) is 4.74 Å². The van der Waals surface area contributed by atoms with Crippen molar-refractivity contribution in [2.45, 2.75) is 45.3 Å². The standard InChI is InChI=1S/C15H23N3O2/c1-3-7-16-14-13(6-5-8-17-14)15(19)18-11-9-12(10-11)20-4-2/h5-6,8,11-12H,3-4,7,9-10H2,1-2H3,(H,16,17)(H,18,19). The smallest absolute Gasteiger partial charge is 0.255 e. The Morgan fingerprint density at radius 1 is 1.45 bits per heavy atom. The lowest BCUT2D eigenvalue weighted by molar-refractivity contribution is -0.00861. The average molecular weight is 277 g/mol. The zero-order valence-electron chi connectivity index (χ0n) is 12.2. The Balaban J connectivity index is 1.89. The van der Waals surface area contributed by atoms with Crippen molar-refractivity contribution in [1.82, 2.24) is 10.3 Å². The van der Waals surface area contributed by atoms with Gasteiger partial charge in [-0.2, -0.15) is 0 Å². The maximum absolute atomic E-state index is 12.3. The van der Waals surface area contributed by atoms with Crippen molar-refractivity contribution in [2.75, 3.05) is 18.5 Å². The number of hydrogen-bond donors (Lipinski definition) is 2. The molecule has 0 unspecified atom stereocenters. The molecule has 0 spiro atoms. The van der Waals surface area contributed by atoms with Crippen molar-refractivity contribution >= 4 is 11.7 Å². The maximum atomic E-state index is 12.3. The molecule has 1 aromatic heterocycles. The fourth-order valence-corrected chi connectivity index (χ4v) is 2.29. The Bertz CT molecular complexity index is 444. The van der Waals surface area contributed by atoms with Gasteiger partial charge >= 0.3 is 0 Å². The van der Waals surface area contributed by atoms with Crippen LogP contribution in [0.2, 0.25) is 0 Å².